The molecule has 0 radical (unpaired) electrons. The van der Waals surface area contributed by atoms with E-state index in [1.807, 2.05) is 36.4 Å². The van der Waals surface area contributed by atoms with Crippen molar-refractivity contribution in [3.8, 4) is 5.75 Å². The number of methoxy groups -OCH3 is 1. The largest absolute Gasteiger partial charge is 0.497 e. The molecule has 0 aliphatic rings. The lowest BCUT2D eigenvalue weighted by Gasteiger charge is -2.22. The third-order valence-electron chi connectivity index (χ3n) is 4.62. The second-order valence-corrected chi connectivity index (χ2v) is 9.69. The summed E-state index contributed by atoms with van der Waals surface area (Å²) in [4.78, 5) is 12.8. The Kier molecular flexibility index (Phi) is 7.84. The maximum atomic E-state index is 13.2. The average molecular weight is 503 g/mol. The van der Waals surface area contributed by atoms with Crippen LogP contribution in [0.5, 0.6) is 5.75 Å². The lowest BCUT2D eigenvalue weighted by molar-refractivity contribution is -0.121. The van der Waals surface area contributed by atoms with Gasteiger partial charge in [-0.1, -0.05) is 58.4 Å². The Morgan fingerprint density at radius 3 is 2.16 bits per heavy atom. The number of sulfonamides is 1. The Morgan fingerprint density at radius 2 is 1.55 bits per heavy atom. The van der Waals surface area contributed by atoms with Gasteiger partial charge in [-0.2, -0.15) is 4.31 Å². The Balaban J connectivity index is 1.75. The molecule has 0 bridgehead atoms. The Labute approximate surface area is 191 Å². The Hall–Kier alpha value is -2.68. The lowest BCUT2D eigenvalue weighted by Crippen LogP contribution is -2.40. The standard InChI is InChI=1S/C23H23BrN2O4S/c1-30-21-13-9-18(10-14-21)15-25-23(27)17-26(16-19-7-11-20(24)12-8-19)31(28,29)22-5-3-2-4-6-22/h2-14H,15-17H2,1H3,(H,25,27). The molecule has 3 aromatic carbocycles. The quantitative estimate of drug-likeness (QED) is 0.480. The highest BCUT2D eigenvalue weighted by atomic mass is 79.9. The van der Waals surface area contributed by atoms with Crippen LogP contribution >= 0.6 is 15.9 Å². The minimum Gasteiger partial charge on any atom is -0.497 e. The van der Waals surface area contributed by atoms with Crippen LogP contribution in [0.1, 0.15) is 11.1 Å². The van der Waals surface area contributed by atoms with Crippen LogP contribution in [0.4, 0.5) is 0 Å². The van der Waals surface area contributed by atoms with Gasteiger partial charge in [0.15, 0.2) is 0 Å². The van der Waals surface area contributed by atoms with Crippen molar-refractivity contribution in [1.82, 2.24) is 9.62 Å². The summed E-state index contributed by atoms with van der Waals surface area (Å²) >= 11 is 3.38. The molecule has 6 nitrogen and oxygen atoms in total. The highest BCUT2D eigenvalue weighted by Gasteiger charge is 2.26. The van der Waals surface area contributed by atoms with Gasteiger partial charge in [0.05, 0.1) is 18.6 Å². The van der Waals surface area contributed by atoms with Crippen LogP contribution in [-0.2, 0) is 27.9 Å². The van der Waals surface area contributed by atoms with E-state index < -0.39 is 10.0 Å². The van der Waals surface area contributed by atoms with Crippen molar-refractivity contribution in [2.24, 2.45) is 0 Å². The SMILES string of the molecule is COc1ccc(CNC(=O)CN(Cc2ccc(Br)cc2)S(=O)(=O)c2ccccc2)cc1. The maximum Gasteiger partial charge on any atom is 0.243 e. The van der Waals surface area contributed by atoms with Gasteiger partial charge in [-0.3, -0.25) is 4.79 Å². The zero-order valence-electron chi connectivity index (χ0n) is 17.0. The first-order valence-electron chi connectivity index (χ1n) is 9.58. The molecule has 0 atom stereocenters. The number of amides is 1. The van der Waals surface area contributed by atoms with Crippen LogP contribution in [0.15, 0.2) is 88.2 Å². The molecule has 0 saturated heterocycles. The van der Waals surface area contributed by atoms with E-state index in [2.05, 4.69) is 21.2 Å². The van der Waals surface area contributed by atoms with E-state index in [0.717, 1.165) is 21.3 Å². The fraction of sp³-hybridized carbons (Fsp3) is 0.174. The molecule has 0 aliphatic carbocycles. The molecule has 162 valence electrons. The number of nitrogens with one attached hydrogen (secondary N) is 1. The third kappa shape index (κ3) is 6.40. The van der Waals surface area contributed by atoms with Crippen molar-refractivity contribution in [2.45, 2.75) is 18.0 Å². The predicted octanol–water partition coefficient (Wildman–Crippen LogP) is 3.97. The molecule has 3 aromatic rings. The molecule has 0 fully saturated rings. The zero-order chi connectivity index (χ0) is 22.3. The smallest absolute Gasteiger partial charge is 0.243 e. The summed E-state index contributed by atoms with van der Waals surface area (Å²) in [5.41, 5.74) is 1.67. The van der Waals surface area contributed by atoms with E-state index in [4.69, 9.17) is 4.74 Å². The minimum atomic E-state index is -3.85. The van der Waals surface area contributed by atoms with Gasteiger partial charge in [-0.05, 0) is 47.5 Å². The van der Waals surface area contributed by atoms with Crippen molar-refractivity contribution in [3.63, 3.8) is 0 Å². The lowest BCUT2D eigenvalue weighted by atomic mass is 10.2. The molecule has 0 heterocycles. The van der Waals surface area contributed by atoms with Crippen molar-refractivity contribution < 1.29 is 17.9 Å². The van der Waals surface area contributed by atoms with Crippen LogP contribution in [-0.4, -0.2) is 32.3 Å². The zero-order valence-corrected chi connectivity index (χ0v) is 19.4. The van der Waals surface area contributed by atoms with Gasteiger partial charge in [0.25, 0.3) is 0 Å². The Morgan fingerprint density at radius 1 is 0.935 bits per heavy atom. The van der Waals surface area contributed by atoms with Crippen LogP contribution < -0.4 is 10.1 Å². The second kappa shape index (κ2) is 10.6. The van der Waals surface area contributed by atoms with Crippen LogP contribution in [0.2, 0.25) is 0 Å². The van der Waals surface area contributed by atoms with Crippen molar-refractivity contribution in [2.75, 3.05) is 13.7 Å². The van der Waals surface area contributed by atoms with Crippen LogP contribution in [0.25, 0.3) is 0 Å². The first-order chi connectivity index (χ1) is 14.9. The molecule has 0 spiro atoms. The first-order valence-corrected chi connectivity index (χ1v) is 11.8. The van der Waals surface area contributed by atoms with Gasteiger partial charge in [0.1, 0.15) is 5.75 Å². The molecular weight excluding hydrogens is 480 g/mol. The van der Waals surface area contributed by atoms with Gasteiger partial charge >= 0.3 is 0 Å². The number of nitrogens with zero attached hydrogens (tertiary/aromatic N) is 1. The third-order valence-corrected chi connectivity index (χ3v) is 6.96. The molecule has 0 unspecified atom stereocenters. The van der Waals surface area contributed by atoms with Gasteiger partial charge in [0, 0.05) is 17.6 Å². The molecule has 0 aliphatic heterocycles. The molecular formula is C23H23BrN2O4S. The van der Waals surface area contributed by atoms with E-state index >= 15 is 0 Å². The Bertz CT molecular complexity index is 1100. The fourth-order valence-electron chi connectivity index (χ4n) is 2.92. The second-order valence-electron chi connectivity index (χ2n) is 6.84. The summed E-state index contributed by atoms with van der Waals surface area (Å²) in [6, 6.07) is 22.8. The average Bonchev–Trinajstić information content (AvgIpc) is 2.79. The van der Waals surface area contributed by atoms with E-state index in [0.29, 0.717) is 6.54 Å². The van der Waals surface area contributed by atoms with Crippen molar-refractivity contribution >= 4 is 31.9 Å². The number of hydrogen-bond acceptors (Lipinski definition) is 4. The summed E-state index contributed by atoms with van der Waals surface area (Å²) in [6.45, 7) is 0.0875. The van der Waals surface area contributed by atoms with E-state index in [1.54, 1.807) is 37.4 Å². The topological polar surface area (TPSA) is 75.7 Å². The first kappa shape index (κ1) is 23.0. The molecule has 0 saturated carbocycles. The number of hydrogen-bond donors (Lipinski definition) is 1. The highest BCUT2D eigenvalue weighted by Crippen LogP contribution is 2.19. The van der Waals surface area contributed by atoms with Crippen LogP contribution in [0.3, 0.4) is 0 Å². The van der Waals surface area contributed by atoms with E-state index in [9.17, 15) is 13.2 Å². The molecule has 0 aromatic heterocycles. The summed E-state index contributed by atoms with van der Waals surface area (Å²) in [5.74, 6) is 0.345. The molecule has 1 N–H and O–H groups in total. The number of rotatable bonds is 9. The summed E-state index contributed by atoms with van der Waals surface area (Å²) < 4.78 is 33.6. The van der Waals surface area contributed by atoms with Gasteiger partial charge in [-0.25, -0.2) is 8.42 Å². The van der Waals surface area contributed by atoms with Gasteiger partial charge < -0.3 is 10.1 Å². The highest BCUT2D eigenvalue weighted by molar-refractivity contribution is 9.10. The summed E-state index contributed by atoms with van der Waals surface area (Å²) in [7, 11) is -2.26. The monoisotopic (exact) mass is 502 g/mol. The number of benzene rings is 3. The summed E-state index contributed by atoms with van der Waals surface area (Å²) in [6.07, 6.45) is 0. The van der Waals surface area contributed by atoms with Crippen molar-refractivity contribution in [3.05, 3.63) is 94.5 Å². The molecule has 31 heavy (non-hydrogen) atoms. The van der Waals surface area contributed by atoms with E-state index in [-0.39, 0.29) is 23.9 Å². The van der Waals surface area contributed by atoms with Gasteiger partial charge in [-0.15, -0.1) is 0 Å². The fourth-order valence-corrected chi connectivity index (χ4v) is 4.59. The maximum absolute atomic E-state index is 13.2. The number of carbonyl (C=O) groups is 1. The van der Waals surface area contributed by atoms with Gasteiger partial charge in [0.2, 0.25) is 15.9 Å². The summed E-state index contributed by atoms with van der Waals surface area (Å²) in [5, 5.41) is 2.79. The number of ether oxygens (including phenoxy) is 1. The number of halogens is 1. The van der Waals surface area contributed by atoms with Crippen LogP contribution in [0, 0.1) is 0 Å². The van der Waals surface area contributed by atoms with Crippen molar-refractivity contribution in [1.29, 1.82) is 0 Å². The number of carbonyl (C=O) groups excluding carboxylic acids is 1. The molecule has 3 rings (SSSR count). The predicted molar refractivity (Wildman–Crippen MR) is 123 cm³/mol. The van der Waals surface area contributed by atoms with E-state index in [1.165, 1.54) is 16.4 Å². The normalized spacial score (nSPS) is 11.3. The molecule has 1 amide bonds. The molecule has 8 heteroatoms. The minimum absolute atomic E-state index is 0.0838.